The second-order valence-electron chi connectivity index (χ2n) is 6.76. The van der Waals surface area contributed by atoms with Gasteiger partial charge in [0.25, 0.3) is 5.56 Å². The second kappa shape index (κ2) is 8.95. The van der Waals surface area contributed by atoms with Crippen LogP contribution in [0.2, 0.25) is 5.02 Å². The molecule has 1 atom stereocenters. The number of rotatable bonds is 6. The molecule has 0 fully saturated rings. The standard InChI is InChI=1S/C22H17ClFN3O3S/c1-13(20(28)25-19-9-8-14(24)11-17(19)23)31-22-26-18-7-3-2-6-16(18)21(29)27(22)12-15-5-4-10-30-15/h2-11,13H,12H2,1H3,(H,25,28)/t13-/m0/s1. The Morgan fingerprint density at radius 1 is 1.26 bits per heavy atom. The Morgan fingerprint density at radius 2 is 2.06 bits per heavy atom. The summed E-state index contributed by atoms with van der Waals surface area (Å²) in [7, 11) is 0. The summed E-state index contributed by atoms with van der Waals surface area (Å²) in [6.07, 6.45) is 1.53. The van der Waals surface area contributed by atoms with Crippen LogP contribution in [0.4, 0.5) is 10.1 Å². The minimum atomic E-state index is -0.614. The van der Waals surface area contributed by atoms with Crippen LogP contribution in [-0.2, 0) is 11.3 Å². The van der Waals surface area contributed by atoms with Crippen molar-refractivity contribution in [3.05, 3.63) is 87.8 Å². The lowest BCUT2D eigenvalue weighted by molar-refractivity contribution is -0.115. The molecule has 31 heavy (non-hydrogen) atoms. The molecule has 0 saturated heterocycles. The average Bonchev–Trinajstić information content (AvgIpc) is 3.26. The topological polar surface area (TPSA) is 77.1 Å². The van der Waals surface area contributed by atoms with Gasteiger partial charge in [0.05, 0.1) is 39.7 Å². The van der Waals surface area contributed by atoms with Crippen molar-refractivity contribution < 1.29 is 13.6 Å². The summed E-state index contributed by atoms with van der Waals surface area (Å²) >= 11 is 7.14. The molecule has 0 aliphatic rings. The molecule has 0 aliphatic carbocycles. The highest BCUT2D eigenvalue weighted by Gasteiger charge is 2.21. The second-order valence-corrected chi connectivity index (χ2v) is 8.47. The highest BCUT2D eigenvalue weighted by Crippen LogP contribution is 2.27. The van der Waals surface area contributed by atoms with E-state index in [0.717, 1.165) is 17.8 Å². The molecule has 2 aromatic heterocycles. The summed E-state index contributed by atoms with van der Waals surface area (Å²) in [6, 6.07) is 14.3. The van der Waals surface area contributed by atoms with Crippen LogP contribution in [0.5, 0.6) is 0 Å². The fraction of sp³-hybridized carbons (Fsp3) is 0.136. The van der Waals surface area contributed by atoms with E-state index in [1.165, 1.54) is 23.0 Å². The Hall–Kier alpha value is -3.10. The highest BCUT2D eigenvalue weighted by atomic mass is 35.5. The molecule has 0 aliphatic heterocycles. The van der Waals surface area contributed by atoms with Crippen molar-refractivity contribution in [3.8, 4) is 0 Å². The third-order valence-electron chi connectivity index (χ3n) is 4.56. The van der Waals surface area contributed by atoms with Crippen LogP contribution < -0.4 is 10.9 Å². The molecule has 1 amide bonds. The Bertz CT molecular complexity index is 1310. The van der Waals surface area contributed by atoms with Crippen molar-refractivity contribution in [1.29, 1.82) is 0 Å². The molecule has 6 nitrogen and oxygen atoms in total. The maximum atomic E-state index is 13.2. The van der Waals surface area contributed by atoms with E-state index in [-0.39, 0.29) is 23.0 Å². The van der Waals surface area contributed by atoms with E-state index in [0.29, 0.717) is 27.5 Å². The maximum Gasteiger partial charge on any atom is 0.262 e. The third-order valence-corrected chi connectivity index (χ3v) is 5.96. The average molecular weight is 458 g/mol. The number of carbonyl (C=O) groups is 1. The molecule has 2 aromatic carbocycles. The van der Waals surface area contributed by atoms with Crippen LogP contribution in [0.3, 0.4) is 0 Å². The normalized spacial score (nSPS) is 12.1. The van der Waals surface area contributed by atoms with Gasteiger partial charge in [-0.3, -0.25) is 14.2 Å². The molecule has 4 aromatic rings. The fourth-order valence-corrected chi connectivity index (χ4v) is 4.09. The zero-order valence-corrected chi connectivity index (χ0v) is 17.9. The monoisotopic (exact) mass is 457 g/mol. The molecule has 4 rings (SSSR count). The Morgan fingerprint density at radius 3 is 2.81 bits per heavy atom. The van der Waals surface area contributed by atoms with Gasteiger partial charge < -0.3 is 9.73 Å². The molecule has 0 saturated carbocycles. The number of carbonyl (C=O) groups excluding carboxylic acids is 1. The van der Waals surface area contributed by atoms with E-state index in [2.05, 4.69) is 10.3 Å². The van der Waals surface area contributed by atoms with Crippen molar-refractivity contribution in [3.63, 3.8) is 0 Å². The molecule has 2 heterocycles. The van der Waals surface area contributed by atoms with Crippen molar-refractivity contribution in [2.75, 3.05) is 5.32 Å². The minimum absolute atomic E-state index is 0.101. The van der Waals surface area contributed by atoms with Gasteiger partial charge in [-0.2, -0.15) is 0 Å². The minimum Gasteiger partial charge on any atom is -0.467 e. The summed E-state index contributed by atoms with van der Waals surface area (Å²) in [5, 5.41) is 3.03. The first kappa shape index (κ1) is 21.1. The number of thioether (sulfide) groups is 1. The summed E-state index contributed by atoms with van der Waals surface area (Å²) in [5.74, 6) is -0.255. The number of benzene rings is 2. The lowest BCUT2D eigenvalue weighted by atomic mass is 10.2. The van der Waals surface area contributed by atoms with Gasteiger partial charge in [-0.25, -0.2) is 9.37 Å². The summed E-state index contributed by atoms with van der Waals surface area (Å²) < 4.78 is 20.1. The molecule has 158 valence electrons. The molecular formula is C22H17ClFN3O3S. The number of nitrogens with one attached hydrogen (secondary N) is 1. The van der Waals surface area contributed by atoms with Crippen molar-refractivity contribution in [2.24, 2.45) is 0 Å². The van der Waals surface area contributed by atoms with Crippen LogP contribution in [-0.4, -0.2) is 20.7 Å². The van der Waals surface area contributed by atoms with E-state index < -0.39 is 11.1 Å². The first-order valence-corrected chi connectivity index (χ1v) is 10.6. The van der Waals surface area contributed by atoms with E-state index in [1.807, 2.05) is 0 Å². The molecule has 1 N–H and O–H groups in total. The number of hydrogen-bond donors (Lipinski definition) is 1. The Kier molecular flexibility index (Phi) is 6.11. The quantitative estimate of drug-likeness (QED) is 0.327. The Balaban J connectivity index is 1.64. The summed E-state index contributed by atoms with van der Waals surface area (Å²) in [4.78, 5) is 30.4. The van der Waals surface area contributed by atoms with Gasteiger partial charge in [0.2, 0.25) is 5.91 Å². The van der Waals surface area contributed by atoms with Gasteiger partial charge in [-0.1, -0.05) is 35.5 Å². The van der Waals surface area contributed by atoms with Gasteiger partial charge >= 0.3 is 0 Å². The van der Waals surface area contributed by atoms with Gasteiger partial charge in [0.15, 0.2) is 5.16 Å². The zero-order valence-electron chi connectivity index (χ0n) is 16.3. The number of nitrogens with zero attached hydrogens (tertiary/aromatic N) is 2. The van der Waals surface area contributed by atoms with Crippen molar-refractivity contribution >= 4 is 45.9 Å². The fourth-order valence-electron chi connectivity index (χ4n) is 2.97. The zero-order chi connectivity index (χ0) is 22.0. The first-order valence-electron chi connectivity index (χ1n) is 9.37. The van der Waals surface area contributed by atoms with Crippen LogP contribution in [0.25, 0.3) is 10.9 Å². The number of aromatic nitrogens is 2. The van der Waals surface area contributed by atoms with E-state index in [1.54, 1.807) is 43.3 Å². The van der Waals surface area contributed by atoms with Crippen LogP contribution in [0, 0.1) is 5.82 Å². The molecule has 0 unspecified atom stereocenters. The summed E-state index contributed by atoms with van der Waals surface area (Å²) in [6.45, 7) is 1.88. The van der Waals surface area contributed by atoms with Crippen LogP contribution >= 0.6 is 23.4 Å². The van der Waals surface area contributed by atoms with E-state index >= 15 is 0 Å². The SMILES string of the molecule is C[C@H](Sc1nc2ccccc2c(=O)n1Cc1ccco1)C(=O)Nc1ccc(F)cc1Cl. The third kappa shape index (κ3) is 4.65. The first-order chi connectivity index (χ1) is 14.9. The lowest BCUT2D eigenvalue weighted by Crippen LogP contribution is -2.27. The van der Waals surface area contributed by atoms with Gasteiger partial charge in [0.1, 0.15) is 11.6 Å². The number of furan rings is 1. The predicted molar refractivity (Wildman–Crippen MR) is 119 cm³/mol. The summed E-state index contributed by atoms with van der Waals surface area (Å²) in [5.41, 5.74) is 0.624. The molecule has 9 heteroatoms. The number of amides is 1. The van der Waals surface area contributed by atoms with Crippen molar-refractivity contribution in [2.45, 2.75) is 23.9 Å². The maximum absolute atomic E-state index is 13.2. The largest absolute Gasteiger partial charge is 0.467 e. The van der Waals surface area contributed by atoms with E-state index in [9.17, 15) is 14.0 Å². The van der Waals surface area contributed by atoms with Gasteiger partial charge in [-0.05, 0) is 49.4 Å². The number of para-hydroxylation sites is 1. The van der Waals surface area contributed by atoms with Gasteiger partial charge in [-0.15, -0.1) is 0 Å². The Labute approximate surface area is 186 Å². The molecule has 0 radical (unpaired) electrons. The van der Waals surface area contributed by atoms with Gasteiger partial charge in [0, 0.05) is 0 Å². The smallest absolute Gasteiger partial charge is 0.262 e. The van der Waals surface area contributed by atoms with Crippen LogP contribution in [0.15, 0.2) is 75.2 Å². The molecule has 0 spiro atoms. The van der Waals surface area contributed by atoms with Crippen LogP contribution in [0.1, 0.15) is 12.7 Å². The molecule has 0 bridgehead atoms. The highest BCUT2D eigenvalue weighted by molar-refractivity contribution is 8.00. The number of halogens is 2. The lowest BCUT2D eigenvalue weighted by Gasteiger charge is -2.16. The number of fused-ring (bicyclic) bond motifs is 1. The molecular weight excluding hydrogens is 441 g/mol. The van der Waals surface area contributed by atoms with Crippen molar-refractivity contribution in [1.82, 2.24) is 9.55 Å². The number of anilines is 1. The predicted octanol–water partition coefficient (Wildman–Crippen LogP) is 4.95. The number of hydrogen-bond acceptors (Lipinski definition) is 5. The van der Waals surface area contributed by atoms with E-state index in [4.69, 9.17) is 16.0 Å².